The maximum absolute atomic E-state index is 12.6. The minimum absolute atomic E-state index is 0.0207. The zero-order valence-corrected chi connectivity index (χ0v) is 17.4. The Morgan fingerprint density at radius 1 is 1.06 bits per heavy atom. The van der Waals surface area contributed by atoms with Crippen LogP contribution in [0.1, 0.15) is 12.0 Å². The highest BCUT2D eigenvalue weighted by Gasteiger charge is 2.16. The summed E-state index contributed by atoms with van der Waals surface area (Å²) < 4.78 is 6.79. The van der Waals surface area contributed by atoms with E-state index in [0.29, 0.717) is 24.3 Å². The molecule has 5 rings (SSSR count). The average Bonchev–Trinajstić information content (AvgIpc) is 3.22. The number of rotatable bonds is 5. The number of aryl methyl sites for hydroxylation is 1. The van der Waals surface area contributed by atoms with Crippen molar-refractivity contribution in [3.8, 4) is 16.3 Å². The van der Waals surface area contributed by atoms with Gasteiger partial charge in [0.2, 0.25) is 5.91 Å². The van der Waals surface area contributed by atoms with Crippen LogP contribution in [-0.2, 0) is 16.0 Å². The van der Waals surface area contributed by atoms with Gasteiger partial charge in [-0.1, -0.05) is 24.3 Å². The second-order valence-electron chi connectivity index (χ2n) is 7.24. The standard InChI is InChI=1S/C24H19N3O3S/c28-22-12-9-15-13-16(10-11-18(15)25-22)30-14-23(29)26-19-6-2-1-5-17(19)24-27-20-7-3-4-8-21(20)31-24/h1-8,10-11,13H,9,12,14H2,(H,25,28)(H,26,29). The summed E-state index contributed by atoms with van der Waals surface area (Å²) in [5, 5.41) is 6.63. The van der Waals surface area contributed by atoms with Crippen molar-refractivity contribution in [3.63, 3.8) is 0 Å². The predicted octanol–water partition coefficient (Wildman–Crippen LogP) is 4.87. The van der Waals surface area contributed by atoms with Crippen LogP contribution in [0.2, 0.25) is 0 Å². The molecular formula is C24H19N3O3S. The SMILES string of the molecule is O=C1CCc2cc(OCC(=O)Nc3ccccc3-c3nc4ccccc4s3)ccc2N1. The van der Waals surface area contributed by atoms with Crippen molar-refractivity contribution in [1.82, 2.24) is 4.98 Å². The third-order valence-corrected chi connectivity index (χ3v) is 6.14. The number of hydrogen-bond acceptors (Lipinski definition) is 5. The molecule has 0 radical (unpaired) electrons. The number of carbonyl (C=O) groups is 2. The van der Waals surface area contributed by atoms with Crippen LogP contribution in [-0.4, -0.2) is 23.4 Å². The normalized spacial score (nSPS) is 12.8. The molecule has 31 heavy (non-hydrogen) atoms. The molecule has 1 aliphatic rings. The number of amides is 2. The van der Waals surface area contributed by atoms with Crippen LogP contribution in [0.25, 0.3) is 20.8 Å². The van der Waals surface area contributed by atoms with Gasteiger partial charge in [-0.25, -0.2) is 4.98 Å². The summed E-state index contributed by atoms with van der Waals surface area (Å²) in [7, 11) is 0. The first kappa shape index (κ1) is 19.3. The lowest BCUT2D eigenvalue weighted by molar-refractivity contribution is -0.118. The molecule has 0 aliphatic carbocycles. The Morgan fingerprint density at radius 2 is 1.90 bits per heavy atom. The third kappa shape index (κ3) is 4.13. The number of hydrogen-bond donors (Lipinski definition) is 2. The average molecular weight is 430 g/mol. The van der Waals surface area contributed by atoms with E-state index in [4.69, 9.17) is 9.72 Å². The second-order valence-corrected chi connectivity index (χ2v) is 8.27. The van der Waals surface area contributed by atoms with Crippen molar-refractivity contribution >= 4 is 44.7 Å². The summed E-state index contributed by atoms with van der Waals surface area (Å²) in [6.45, 7) is -0.112. The molecule has 0 spiro atoms. The molecule has 2 amide bonds. The summed E-state index contributed by atoms with van der Waals surface area (Å²) in [5.41, 5.74) is 4.33. The zero-order chi connectivity index (χ0) is 21.2. The van der Waals surface area contributed by atoms with Crippen LogP contribution in [0.4, 0.5) is 11.4 Å². The van der Waals surface area contributed by atoms with Gasteiger partial charge in [0.25, 0.3) is 5.91 Å². The maximum Gasteiger partial charge on any atom is 0.262 e. The van der Waals surface area contributed by atoms with Crippen LogP contribution in [0.5, 0.6) is 5.75 Å². The molecule has 0 fully saturated rings. The van der Waals surface area contributed by atoms with E-state index in [9.17, 15) is 9.59 Å². The molecule has 1 aliphatic heterocycles. The van der Waals surface area contributed by atoms with Crippen molar-refractivity contribution in [2.75, 3.05) is 17.2 Å². The summed E-state index contributed by atoms with van der Waals surface area (Å²) in [6, 6.07) is 21.0. The largest absolute Gasteiger partial charge is 0.484 e. The smallest absolute Gasteiger partial charge is 0.262 e. The van der Waals surface area contributed by atoms with E-state index in [1.807, 2.05) is 60.7 Å². The molecule has 0 bridgehead atoms. The molecule has 1 aromatic heterocycles. The van der Waals surface area contributed by atoms with Gasteiger partial charge in [0, 0.05) is 17.7 Å². The van der Waals surface area contributed by atoms with Crippen LogP contribution in [0.15, 0.2) is 66.7 Å². The highest BCUT2D eigenvalue weighted by molar-refractivity contribution is 7.21. The van der Waals surface area contributed by atoms with Gasteiger partial charge < -0.3 is 15.4 Å². The number of carbonyl (C=O) groups excluding carboxylic acids is 2. The van der Waals surface area contributed by atoms with Crippen molar-refractivity contribution < 1.29 is 14.3 Å². The second kappa shape index (κ2) is 8.20. The van der Waals surface area contributed by atoms with Gasteiger partial charge >= 0.3 is 0 Å². The molecule has 2 N–H and O–H groups in total. The topological polar surface area (TPSA) is 80.3 Å². The van der Waals surface area contributed by atoms with Crippen molar-refractivity contribution in [2.45, 2.75) is 12.8 Å². The van der Waals surface area contributed by atoms with E-state index in [2.05, 4.69) is 10.6 Å². The third-order valence-electron chi connectivity index (χ3n) is 5.07. The van der Waals surface area contributed by atoms with Crippen LogP contribution >= 0.6 is 11.3 Å². The van der Waals surface area contributed by atoms with Crippen molar-refractivity contribution in [1.29, 1.82) is 0 Å². The van der Waals surface area contributed by atoms with Crippen molar-refractivity contribution in [2.24, 2.45) is 0 Å². The molecule has 154 valence electrons. The predicted molar refractivity (Wildman–Crippen MR) is 123 cm³/mol. The molecule has 0 unspecified atom stereocenters. The maximum atomic E-state index is 12.6. The van der Waals surface area contributed by atoms with Gasteiger partial charge in [0.05, 0.1) is 15.9 Å². The van der Waals surface area contributed by atoms with Crippen LogP contribution in [0.3, 0.4) is 0 Å². The Hall–Kier alpha value is -3.71. The highest BCUT2D eigenvalue weighted by Crippen LogP contribution is 2.34. The number of thiazole rings is 1. The van der Waals surface area contributed by atoms with E-state index in [1.165, 1.54) is 0 Å². The fraction of sp³-hybridized carbons (Fsp3) is 0.125. The number of fused-ring (bicyclic) bond motifs is 2. The van der Waals surface area contributed by atoms with E-state index < -0.39 is 0 Å². The van der Waals surface area contributed by atoms with Gasteiger partial charge in [0.1, 0.15) is 10.8 Å². The Labute approximate surface area is 182 Å². The zero-order valence-electron chi connectivity index (χ0n) is 16.6. The molecule has 0 atom stereocenters. The molecule has 4 aromatic rings. The summed E-state index contributed by atoms with van der Waals surface area (Å²) in [5.74, 6) is 0.372. The highest BCUT2D eigenvalue weighted by atomic mass is 32.1. The lowest BCUT2D eigenvalue weighted by Crippen LogP contribution is -2.21. The Balaban J connectivity index is 1.29. The van der Waals surface area contributed by atoms with Crippen molar-refractivity contribution in [3.05, 3.63) is 72.3 Å². The first-order valence-corrected chi connectivity index (χ1v) is 10.8. The van der Waals surface area contributed by atoms with Gasteiger partial charge in [-0.15, -0.1) is 11.3 Å². The van der Waals surface area contributed by atoms with Crippen LogP contribution < -0.4 is 15.4 Å². The molecule has 7 heteroatoms. The molecule has 2 heterocycles. The number of para-hydroxylation sites is 2. The van der Waals surface area contributed by atoms with E-state index >= 15 is 0 Å². The summed E-state index contributed by atoms with van der Waals surface area (Å²) in [4.78, 5) is 28.7. The monoisotopic (exact) mass is 429 g/mol. The minimum atomic E-state index is -0.250. The molecular weight excluding hydrogens is 410 g/mol. The van der Waals surface area contributed by atoms with Gasteiger partial charge in [0.15, 0.2) is 6.61 Å². The number of nitrogens with one attached hydrogen (secondary N) is 2. The first-order valence-electron chi connectivity index (χ1n) is 9.96. The number of nitrogens with zero attached hydrogens (tertiary/aromatic N) is 1. The van der Waals surface area contributed by atoms with Gasteiger partial charge in [-0.3, -0.25) is 9.59 Å². The lowest BCUT2D eigenvalue weighted by atomic mass is 10.0. The number of benzene rings is 3. The summed E-state index contributed by atoms with van der Waals surface area (Å²) in [6.07, 6.45) is 1.12. The number of aromatic nitrogens is 1. The summed E-state index contributed by atoms with van der Waals surface area (Å²) >= 11 is 1.59. The minimum Gasteiger partial charge on any atom is -0.484 e. The fourth-order valence-electron chi connectivity index (χ4n) is 3.55. The molecule has 0 saturated heterocycles. The Kier molecular flexibility index (Phi) is 5.09. The molecule has 0 saturated carbocycles. The quantitative estimate of drug-likeness (QED) is 0.475. The molecule has 6 nitrogen and oxygen atoms in total. The van der Waals surface area contributed by atoms with E-state index in [1.54, 1.807) is 17.4 Å². The Bertz CT molecular complexity index is 1270. The van der Waals surface area contributed by atoms with Gasteiger partial charge in [-0.2, -0.15) is 0 Å². The van der Waals surface area contributed by atoms with Crippen LogP contribution in [0, 0.1) is 0 Å². The molecule has 3 aromatic carbocycles. The fourth-order valence-corrected chi connectivity index (χ4v) is 4.56. The Morgan fingerprint density at radius 3 is 2.81 bits per heavy atom. The van der Waals surface area contributed by atoms with Gasteiger partial charge in [-0.05, 0) is 54.4 Å². The first-order chi connectivity index (χ1) is 15.2. The number of anilines is 2. The van der Waals surface area contributed by atoms with E-state index in [0.717, 1.165) is 32.0 Å². The number of ether oxygens (including phenoxy) is 1. The van der Waals surface area contributed by atoms with E-state index in [-0.39, 0.29) is 18.4 Å². The lowest BCUT2D eigenvalue weighted by Gasteiger charge is -2.17.